The molecule has 3 aromatic rings. The second-order valence-corrected chi connectivity index (χ2v) is 6.68. The highest BCUT2D eigenvalue weighted by molar-refractivity contribution is 6.32. The second kappa shape index (κ2) is 10.4. The molecule has 3 rings (SSSR count). The van der Waals surface area contributed by atoms with E-state index in [0.717, 1.165) is 4.68 Å². The van der Waals surface area contributed by atoms with E-state index in [2.05, 4.69) is 15.4 Å². The third-order valence-corrected chi connectivity index (χ3v) is 4.36. The minimum absolute atomic E-state index is 0.112. The van der Waals surface area contributed by atoms with Crippen molar-refractivity contribution in [2.45, 2.75) is 19.6 Å². The lowest BCUT2D eigenvalue weighted by molar-refractivity contribution is -0.123. The molecule has 0 unspecified atom stereocenters. The fraction of sp³-hybridized carbons (Fsp3) is 0.190. The van der Waals surface area contributed by atoms with Crippen molar-refractivity contribution in [2.75, 3.05) is 11.9 Å². The normalized spacial score (nSPS) is 11.4. The number of carbonyl (C=O) groups excluding carboxylic acids is 2. The number of benzene rings is 1. The van der Waals surface area contributed by atoms with E-state index < -0.39 is 23.5 Å². The molecule has 0 bridgehead atoms. The molecular formula is C21H19ClN4O5. The fourth-order valence-electron chi connectivity index (χ4n) is 2.47. The summed E-state index contributed by atoms with van der Waals surface area (Å²) >= 11 is 5.90. The molecule has 0 fully saturated rings. The molecule has 31 heavy (non-hydrogen) atoms. The predicted molar refractivity (Wildman–Crippen MR) is 113 cm³/mol. The van der Waals surface area contributed by atoms with Gasteiger partial charge in [0.1, 0.15) is 12.4 Å². The molecular weight excluding hydrogens is 424 g/mol. The van der Waals surface area contributed by atoms with Gasteiger partial charge in [-0.25, -0.2) is 14.5 Å². The van der Waals surface area contributed by atoms with Crippen LogP contribution in [0, 0.1) is 0 Å². The maximum atomic E-state index is 12.4. The van der Waals surface area contributed by atoms with Gasteiger partial charge in [0.25, 0.3) is 11.5 Å². The van der Waals surface area contributed by atoms with Crippen LogP contribution >= 0.6 is 11.6 Å². The summed E-state index contributed by atoms with van der Waals surface area (Å²) in [6.45, 7) is 1.71. The molecule has 0 aliphatic carbocycles. The summed E-state index contributed by atoms with van der Waals surface area (Å²) in [5.74, 6) is -0.787. The highest BCUT2D eigenvalue weighted by Gasteiger charge is 2.21. The lowest BCUT2D eigenvalue weighted by Gasteiger charge is -2.14. The zero-order valence-corrected chi connectivity index (χ0v) is 17.3. The van der Waals surface area contributed by atoms with Gasteiger partial charge in [-0.2, -0.15) is 5.10 Å². The molecule has 2 heterocycles. The van der Waals surface area contributed by atoms with Crippen molar-refractivity contribution < 1.29 is 19.1 Å². The van der Waals surface area contributed by atoms with Crippen molar-refractivity contribution in [3.8, 4) is 5.75 Å². The lowest BCUT2D eigenvalue weighted by atomic mass is 10.3. The average molecular weight is 443 g/mol. The second-order valence-electron chi connectivity index (χ2n) is 6.32. The van der Waals surface area contributed by atoms with Crippen molar-refractivity contribution in [3.63, 3.8) is 0 Å². The van der Waals surface area contributed by atoms with Crippen LogP contribution in [0.5, 0.6) is 5.75 Å². The number of hydrogen-bond acceptors (Lipinski definition) is 7. The zero-order chi connectivity index (χ0) is 22.2. The molecule has 0 saturated carbocycles. The fourth-order valence-corrected chi connectivity index (χ4v) is 2.64. The maximum Gasteiger partial charge on any atom is 0.359 e. The summed E-state index contributed by atoms with van der Waals surface area (Å²) in [6, 6.07) is 14.7. The van der Waals surface area contributed by atoms with Gasteiger partial charge < -0.3 is 14.8 Å². The van der Waals surface area contributed by atoms with Crippen LogP contribution < -0.4 is 15.6 Å². The summed E-state index contributed by atoms with van der Waals surface area (Å²) in [6.07, 6.45) is 0.347. The number of aromatic nitrogens is 3. The van der Waals surface area contributed by atoms with E-state index in [1.807, 2.05) is 18.2 Å². The SMILES string of the molecule is C[C@H](OC(=O)c1ccc(=O)n(CCOc2ccccc2)n1)C(=O)Nc1cccnc1Cl. The van der Waals surface area contributed by atoms with Gasteiger partial charge in [0.15, 0.2) is 17.0 Å². The van der Waals surface area contributed by atoms with Gasteiger partial charge in [-0.05, 0) is 37.3 Å². The maximum absolute atomic E-state index is 12.4. The molecule has 0 aliphatic rings. The standard InChI is InChI=1S/C21H19ClN4O5/c1-14(20(28)24-16-8-5-11-23-19(16)22)31-21(29)17-9-10-18(27)26(25-17)12-13-30-15-6-3-2-4-7-15/h2-11,14H,12-13H2,1H3,(H,24,28)/t14-/m0/s1. The molecule has 10 heteroatoms. The molecule has 0 radical (unpaired) electrons. The van der Waals surface area contributed by atoms with E-state index in [1.165, 1.54) is 25.3 Å². The number of rotatable bonds is 8. The Hall–Kier alpha value is -3.72. The van der Waals surface area contributed by atoms with Crippen molar-refractivity contribution >= 4 is 29.2 Å². The van der Waals surface area contributed by atoms with Gasteiger partial charge in [-0.15, -0.1) is 0 Å². The molecule has 0 spiro atoms. The highest BCUT2D eigenvalue weighted by atomic mass is 35.5. The van der Waals surface area contributed by atoms with Crippen molar-refractivity contribution in [1.82, 2.24) is 14.8 Å². The molecule has 2 aromatic heterocycles. The Morgan fingerprint density at radius 2 is 1.90 bits per heavy atom. The number of nitrogens with one attached hydrogen (secondary N) is 1. The number of pyridine rings is 1. The number of hydrogen-bond donors (Lipinski definition) is 1. The highest BCUT2D eigenvalue weighted by Crippen LogP contribution is 2.18. The number of anilines is 1. The number of carbonyl (C=O) groups is 2. The third kappa shape index (κ3) is 6.13. The smallest absolute Gasteiger partial charge is 0.359 e. The topological polar surface area (TPSA) is 112 Å². The molecule has 1 N–H and O–H groups in total. The van der Waals surface area contributed by atoms with Crippen LogP contribution in [0.2, 0.25) is 5.15 Å². The first-order valence-corrected chi connectivity index (χ1v) is 9.70. The third-order valence-electron chi connectivity index (χ3n) is 4.06. The van der Waals surface area contributed by atoms with Crippen LogP contribution in [-0.2, 0) is 16.1 Å². The molecule has 1 aromatic carbocycles. The summed E-state index contributed by atoms with van der Waals surface area (Å²) in [5, 5.41) is 6.64. The first-order chi connectivity index (χ1) is 14.9. The Kier molecular flexibility index (Phi) is 7.34. The van der Waals surface area contributed by atoms with Crippen LogP contribution in [0.15, 0.2) is 65.6 Å². The van der Waals surface area contributed by atoms with E-state index in [4.69, 9.17) is 21.1 Å². The number of amides is 1. The first-order valence-electron chi connectivity index (χ1n) is 9.32. The van der Waals surface area contributed by atoms with E-state index in [-0.39, 0.29) is 24.0 Å². The van der Waals surface area contributed by atoms with E-state index in [0.29, 0.717) is 11.4 Å². The van der Waals surface area contributed by atoms with Crippen LogP contribution in [0.3, 0.4) is 0 Å². The van der Waals surface area contributed by atoms with E-state index in [9.17, 15) is 14.4 Å². The van der Waals surface area contributed by atoms with Gasteiger partial charge >= 0.3 is 5.97 Å². The number of ether oxygens (including phenoxy) is 2. The minimum Gasteiger partial charge on any atom is -0.492 e. The molecule has 0 saturated heterocycles. The number of esters is 1. The van der Waals surface area contributed by atoms with Crippen LogP contribution in [0.1, 0.15) is 17.4 Å². The lowest BCUT2D eigenvalue weighted by Crippen LogP contribution is -2.32. The Morgan fingerprint density at radius 1 is 1.13 bits per heavy atom. The number of halogens is 1. The van der Waals surface area contributed by atoms with Gasteiger partial charge in [-0.3, -0.25) is 9.59 Å². The summed E-state index contributed by atoms with van der Waals surface area (Å²) < 4.78 is 11.8. The Bertz CT molecular complexity index is 1120. The Balaban J connectivity index is 1.59. The molecule has 0 aliphatic heterocycles. The summed E-state index contributed by atoms with van der Waals surface area (Å²) in [4.78, 5) is 40.5. The largest absolute Gasteiger partial charge is 0.492 e. The van der Waals surface area contributed by atoms with Gasteiger partial charge in [0, 0.05) is 12.3 Å². The predicted octanol–water partition coefficient (Wildman–Crippen LogP) is 2.55. The summed E-state index contributed by atoms with van der Waals surface area (Å²) in [7, 11) is 0. The van der Waals surface area contributed by atoms with Crippen molar-refractivity contribution in [3.05, 3.63) is 82.0 Å². The van der Waals surface area contributed by atoms with Crippen LogP contribution in [0.25, 0.3) is 0 Å². The Labute approximate surface area is 182 Å². The van der Waals surface area contributed by atoms with Gasteiger partial charge in [0.2, 0.25) is 0 Å². The summed E-state index contributed by atoms with van der Waals surface area (Å²) in [5.41, 5.74) is -0.217. The molecule has 160 valence electrons. The quantitative estimate of drug-likeness (QED) is 0.421. The van der Waals surface area contributed by atoms with Crippen molar-refractivity contribution in [2.24, 2.45) is 0 Å². The molecule has 1 amide bonds. The number of nitrogens with zero attached hydrogens (tertiary/aromatic N) is 3. The number of para-hydroxylation sites is 1. The van der Waals surface area contributed by atoms with Gasteiger partial charge in [0.05, 0.1) is 12.2 Å². The molecule has 1 atom stereocenters. The zero-order valence-electron chi connectivity index (χ0n) is 16.5. The van der Waals surface area contributed by atoms with E-state index >= 15 is 0 Å². The van der Waals surface area contributed by atoms with Crippen molar-refractivity contribution in [1.29, 1.82) is 0 Å². The van der Waals surface area contributed by atoms with Crippen LogP contribution in [-0.4, -0.2) is 39.4 Å². The first kappa shape index (κ1) is 22.0. The van der Waals surface area contributed by atoms with Crippen LogP contribution in [0.4, 0.5) is 5.69 Å². The average Bonchev–Trinajstić information content (AvgIpc) is 2.77. The van der Waals surface area contributed by atoms with Gasteiger partial charge in [-0.1, -0.05) is 29.8 Å². The Morgan fingerprint density at radius 3 is 2.65 bits per heavy atom. The molecule has 9 nitrogen and oxygen atoms in total. The van der Waals surface area contributed by atoms with E-state index in [1.54, 1.807) is 24.3 Å². The monoisotopic (exact) mass is 442 g/mol. The minimum atomic E-state index is -1.13.